The Bertz CT molecular complexity index is 1360. The minimum atomic E-state index is -0.824. The van der Waals surface area contributed by atoms with Gasteiger partial charge < -0.3 is 19.9 Å². The SMILES string of the molecule is CCn1c(=O)c(C(=O)COC(=O)c2ccc3c(c2)OCCO3)c(N)n(Cc2ccccc2)c1=O. The van der Waals surface area contributed by atoms with Gasteiger partial charge in [0, 0.05) is 6.54 Å². The maximum absolute atomic E-state index is 12.9. The molecule has 0 radical (unpaired) electrons. The molecule has 2 heterocycles. The molecule has 0 atom stereocenters. The summed E-state index contributed by atoms with van der Waals surface area (Å²) in [7, 11) is 0. The number of rotatable bonds is 7. The van der Waals surface area contributed by atoms with Crippen molar-refractivity contribution >= 4 is 17.6 Å². The standard InChI is InChI=1S/C24H23N3O7/c1-2-26-22(29)20(21(25)27(24(26)31)13-15-6-4-3-5-7-15)17(28)14-34-23(30)16-8-9-18-19(12-16)33-11-10-32-18/h3-9,12H,2,10-11,13-14,25H2,1H3. The first-order chi connectivity index (χ1) is 16.4. The zero-order valence-corrected chi connectivity index (χ0v) is 18.5. The minimum absolute atomic E-state index is 0.0456. The van der Waals surface area contributed by atoms with E-state index in [1.807, 2.05) is 6.07 Å². The molecule has 4 rings (SSSR count). The zero-order chi connectivity index (χ0) is 24.2. The van der Waals surface area contributed by atoms with Gasteiger partial charge in [0.1, 0.15) is 24.6 Å². The molecule has 0 aliphatic carbocycles. The van der Waals surface area contributed by atoms with E-state index in [0.29, 0.717) is 24.7 Å². The van der Waals surface area contributed by atoms with Gasteiger partial charge in [0.05, 0.1) is 12.1 Å². The Hall–Kier alpha value is -4.34. The number of hydrogen-bond acceptors (Lipinski definition) is 8. The Kier molecular flexibility index (Phi) is 6.48. The van der Waals surface area contributed by atoms with Crippen LogP contribution in [0.4, 0.5) is 5.82 Å². The summed E-state index contributed by atoms with van der Waals surface area (Å²) >= 11 is 0. The van der Waals surface area contributed by atoms with Gasteiger partial charge in [0.15, 0.2) is 18.1 Å². The fourth-order valence-corrected chi connectivity index (χ4v) is 3.63. The monoisotopic (exact) mass is 465 g/mol. The molecule has 1 aromatic heterocycles. The number of esters is 1. The van der Waals surface area contributed by atoms with Crippen LogP contribution >= 0.6 is 0 Å². The summed E-state index contributed by atoms with van der Waals surface area (Å²) in [6, 6.07) is 13.5. The minimum Gasteiger partial charge on any atom is -0.486 e. The number of anilines is 1. The van der Waals surface area contributed by atoms with E-state index in [1.165, 1.54) is 12.1 Å². The summed E-state index contributed by atoms with van der Waals surface area (Å²) in [5.41, 5.74) is 5.18. The number of nitrogens with zero attached hydrogens (tertiary/aromatic N) is 2. The van der Waals surface area contributed by atoms with Crippen molar-refractivity contribution in [3.8, 4) is 11.5 Å². The van der Waals surface area contributed by atoms with E-state index < -0.39 is 35.2 Å². The van der Waals surface area contributed by atoms with Crippen LogP contribution in [0.5, 0.6) is 11.5 Å². The predicted molar refractivity (Wildman–Crippen MR) is 123 cm³/mol. The quantitative estimate of drug-likeness (QED) is 0.410. The number of aromatic nitrogens is 2. The Morgan fingerprint density at radius 1 is 1.00 bits per heavy atom. The average molecular weight is 465 g/mol. The maximum Gasteiger partial charge on any atom is 0.338 e. The van der Waals surface area contributed by atoms with Gasteiger partial charge in [-0.15, -0.1) is 0 Å². The van der Waals surface area contributed by atoms with Crippen molar-refractivity contribution in [3.63, 3.8) is 0 Å². The summed E-state index contributed by atoms with van der Waals surface area (Å²) in [6.07, 6.45) is 0. The number of nitrogens with two attached hydrogens (primary N) is 1. The fraction of sp³-hybridized carbons (Fsp3) is 0.250. The molecular formula is C24H23N3O7. The fourth-order valence-electron chi connectivity index (χ4n) is 3.63. The topological polar surface area (TPSA) is 132 Å². The molecule has 34 heavy (non-hydrogen) atoms. The summed E-state index contributed by atoms with van der Waals surface area (Å²) < 4.78 is 18.1. The number of carbonyl (C=O) groups excluding carboxylic acids is 2. The molecular weight excluding hydrogens is 442 g/mol. The lowest BCUT2D eigenvalue weighted by Crippen LogP contribution is -2.44. The third-order valence-electron chi connectivity index (χ3n) is 5.36. The maximum atomic E-state index is 12.9. The van der Waals surface area contributed by atoms with E-state index in [9.17, 15) is 19.2 Å². The van der Waals surface area contributed by atoms with Crippen LogP contribution in [0.1, 0.15) is 33.2 Å². The lowest BCUT2D eigenvalue weighted by molar-refractivity contribution is 0.0473. The van der Waals surface area contributed by atoms with Crippen LogP contribution in [0.25, 0.3) is 0 Å². The van der Waals surface area contributed by atoms with Crippen LogP contribution < -0.4 is 26.5 Å². The van der Waals surface area contributed by atoms with Crippen LogP contribution in [0.2, 0.25) is 0 Å². The van der Waals surface area contributed by atoms with Gasteiger partial charge in [-0.2, -0.15) is 0 Å². The highest BCUT2D eigenvalue weighted by molar-refractivity contribution is 6.02. The van der Waals surface area contributed by atoms with Crippen molar-refractivity contribution < 1.29 is 23.8 Å². The number of benzene rings is 2. The van der Waals surface area contributed by atoms with Crippen LogP contribution in [-0.4, -0.2) is 40.7 Å². The molecule has 1 aliphatic rings. The first-order valence-electron chi connectivity index (χ1n) is 10.7. The Morgan fingerprint density at radius 2 is 1.71 bits per heavy atom. The Balaban J connectivity index is 1.59. The molecule has 10 nitrogen and oxygen atoms in total. The van der Waals surface area contributed by atoms with Gasteiger partial charge >= 0.3 is 11.7 Å². The van der Waals surface area contributed by atoms with Gasteiger partial charge in [-0.05, 0) is 30.7 Å². The van der Waals surface area contributed by atoms with Crippen LogP contribution in [0.15, 0.2) is 58.1 Å². The highest BCUT2D eigenvalue weighted by atomic mass is 16.6. The first kappa shape index (κ1) is 22.8. The number of fused-ring (bicyclic) bond motifs is 1. The van der Waals surface area contributed by atoms with Crippen molar-refractivity contribution in [1.82, 2.24) is 9.13 Å². The van der Waals surface area contributed by atoms with Gasteiger partial charge in [0.2, 0.25) is 5.78 Å². The van der Waals surface area contributed by atoms with E-state index in [1.54, 1.807) is 37.3 Å². The molecule has 0 saturated heterocycles. The van der Waals surface area contributed by atoms with Crippen molar-refractivity contribution in [2.45, 2.75) is 20.0 Å². The number of ether oxygens (including phenoxy) is 3. The number of hydrogen-bond donors (Lipinski definition) is 1. The molecule has 2 aromatic carbocycles. The van der Waals surface area contributed by atoms with E-state index in [2.05, 4.69) is 0 Å². The van der Waals surface area contributed by atoms with E-state index in [0.717, 1.165) is 14.7 Å². The molecule has 0 saturated carbocycles. The van der Waals surface area contributed by atoms with Gasteiger partial charge in [-0.25, -0.2) is 9.59 Å². The molecule has 10 heteroatoms. The summed E-state index contributed by atoms with van der Waals surface area (Å²) in [4.78, 5) is 51.0. The normalized spacial score (nSPS) is 12.3. The van der Waals surface area contributed by atoms with Crippen LogP contribution in [0.3, 0.4) is 0 Å². The lowest BCUT2D eigenvalue weighted by atomic mass is 10.1. The van der Waals surface area contributed by atoms with Crippen molar-refractivity contribution in [1.29, 1.82) is 0 Å². The molecule has 0 amide bonds. The van der Waals surface area contributed by atoms with Crippen LogP contribution in [-0.2, 0) is 17.8 Å². The second-order valence-electron chi connectivity index (χ2n) is 7.52. The molecule has 0 unspecified atom stereocenters. The first-order valence-corrected chi connectivity index (χ1v) is 10.7. The molecule has 176 valence electrons. The third kappa shape index (κ3) is 4.42. The highest BCUT2D eigenvalue weighted by Gasteiger charge is 2.24. The van der Waals surface area contributed by atoms with Crippen molar-refractivity contribution in [2.24, 2.45) is 0 Å². The van der Waals surface area contributed by atoms with Gasteiger partial charge in [0.25, 0.3) is 5.56 Å². The number of Topliss-reactive ketones (excluding diaryl/α,β-unsaturated/α-hetero) is 1. The molecule has 0 fully saturated rings. The third-order valence-corrected chi connectivity index (χ3v) is 5.36. The largest absolute Gasteiger partial charge is 0.486 e. The average Bonchev–Trinajstić information content (AvgIpc) is 2.85. The molecule has 2 N–H and O–H groups in total. The zero-order valence-electron chi connectivity index (χ0n) is 18.5. The van der Waals surface area contributed by atoms with Crippen molar-refractivity contribution in [3.05, 3.63) is 86.1 Å². The summed E-state index contributed by atoms with van der Waals surface area (Å²) in [5, 5.41) is 0. The molecule has 0 bridgehead atoms. The second-order valence-corrected chi connectivity index (χ2v) is 7.52. The Morgan fingerprint density at radius 3 is 2.41 bits per heavy atom. The molecule has 0 spiro atoms. The number of nitrogen functional groups attached to an aromatic ring is 1. The molecule has 3 aromatic rings. The van der Waals surface area contributed by atoms with E-state index in [-0.39, 0.29) is 24.5 Å². The lowest BCUT2D eigenvalue weighted by Gasteiger charge is -2.18. The molecule has 1 aliphatic heterocycles. The number of carbonyl (C=O) groups is 2. The van der Waals surface area contributed by atoms with Gasteiger partial charge in [-0.3, -0.25) is 18.7 Å². The van der Waals surface area contributed by atoms with Gasteiger partial charge in [-0.1, -0.05) is 30.3 Å². The van der Waals surface area contributed by atoms with Crippen molar-refractivity contribution in [2.75, 3.05) is 25.6 Å². The Labute approximate surface area is 194 Å². The summed E-state index contributed by atoms with van der Waals surface area (Å²) in [5.74, 6) is -0.957. The highest BCUT2D eigenvalue weighted by Crippen LogP contribution is 2.30. The van der Waals surface area contributed by atoms with Crippen LogP contribution in [0, 0.1) is 0 Å². The summed E-state index contributed by atoms with van der Waals surface area (Å²) in [6.45, 7) is 1.77. The number of ketones is 1. The van der Waals surface area contributed by atoms with E-state index >= 15 is 0 Å². The van der Waals surface area contributed by atoms with E-state index in [4.69, 9.17) is 19.9 Å². The smallest absolute Gasteiger partial charge is 0.338 e. The predicted octanol–water partition coefficient (Wildman–Crippen LogP) is 1.47. The second kappa shape index (κ2) is 9.65.